The normalized spacial score (nSPS) is 26.2. The summed E-state index contributed by atoms with van der Waals surface area (Å²) in [6.45, 7) is 0. The molecule has 1 aromatic carbocycles. The van der Waals surface area contributed by atoms with E-state index >= 15 is 0 Å². The monoisotopic (exact) mass is 531 g/mol. The van der Waals surface area contributed by atoms with Crippen LogP contribution in [0.25, 0.3) is 0 Å². The molecule has 4 bridgehead atoms. The summed E-state index contributed by atoms with van der Waals surface area (Å²) >= 11 is 5.40. The van der Waals surface area contributed by atoms with Gasteiger partial charge in [0.05, 0.1) is 24.5 Å². The molecule has 2 aromatic rings. The van der Waals surface area contributed by atoms with Crippen molar-refractivity contribution in [3.8, 4) is 11.9 Å². The molecule has 0 unspecified atom stereocenters. The number of nitrogens with one attached hydrogen (secondary N) is 3. The fourth-order valence-corrected chi connectivity index (χ4v) is 7.56. The molecule has 192 valence electrons. The Hall–Kier alpha value is -2.99. The number of hydrogen-bond donors (Lipinski definition) is 3. The summed E-state index contributed by atoms with van der Waals surface area (Å²) in [7, 11) is -1.16. The Morgan fingerprint density at radius 2 is 1.61 bits per heavy atom. The number of anilines is 2. The predicted molar refractivity (Wildman–Crippen MR) is 137 cm³/mol. The summed E-state index contributed by atoms with van der Waals surface area (Å²) in [6, 6.07) is 7.35. The van der Waals surface area contributed by atoms with Crippen molar-refractivity contribution < 1.29 is 22.7 Å². The average Bonchev–Trinajstić information content (AvgIpc) is 2.83. The Bertz CT molecular complexity index is 1220. The summed E-state index contributed by atoms with van der Waals surface area (Å²) in [6.07, 6.45) is 6.65. The van der Waals surface area contributed by atoms with E-state index in [2.05, 4.69) is 25.3 Å². The number of methoxy groups -OCH3 is 2. The van der Waals surface area contributed by atoms with E-state index in [0.717, 1.165) is 19.3 Å². The van der Waals surface area contributed by atoms with Crippen LogP contribution in [-0.2, 0) is 14.8 Å². The molecule has 4 fully saturated rings. The lowest BCUT2D eigenvalue weighted by molar-refractivity contribution is -0.144. The van der Waals surface area contributed by atoms with Crippen LogP contribution in [0.5, 0.6) is 11.9 Å². The minimum Gasteiger partial charge on any atom is -0.481 e. The third-order valence-electron chi connectivity index (χ3n) is 7.48. The molecule has 1 heterocycles. The van der Waals surface area contributed by atoms with E-state index in [-0.39, 0.29) is 39.0 Å². The van der Waals surface area contributed by atoms with E-state index in [1.54, 1.807) is 12.1 Å². The first kappa shape index (κ1) is 24.7. The highest BCUT2D eigenvalue weighted by Gasteiger charge is 2.54. The van der Waals surface area contributed by atoms with E-state index in [4.69, 9.17) is 21.7 Å². The molecule has 0 atom stereocenters. The molecule has 36 heavy (non-hydrogen) atoms. The van der Waals surface area contributed by atoms with Crippen LogP contribution in [0, 0.1) is 23.2 Å². The second-order valence-corrected chi connectivity index (χ2v) is 12.1. The van der Waals surface area contributed by atoms with Gasteiger partial charge < -0.3 is 20.1 Å². The maximum Gasteiger partial charge on any atom is 0.321 e. The molecule has 0 saturated heterocycles. The van der Waals surface area contributed by atoms with Crippen molar-refractivity contribution in [1.29, 1.82) is 0 Å². The smallest absolute Gasteiger partial charge is 0.321 e. The molecule has 1 aromatic heterocycles. The molecule has 1 amide bonds. The van der Waals surface area contributed by atoms with Crippen LogP contribution in [0.1, 0.15) is 38.5 Å². The summed E-state index contributed by atoms with van der Waals surface area (Å²) in [5, 5.41) is 6.10. The second-order valence-electron chi connectivity index (χ2n) is 10.0. The van der Waals surface area contributed by atoms with Crippen molar-refractivity contribution in [3.63, 3.8) is 0 Å². The van der Waals surface area contributed by atoms with E-state index < -0.39 is 10.0 Å². The number of benzene rings is 1. The molecule has 0 aliphatic heterocycles. The molecule has 6 rings (SSSR count). The first-order valence-electron chi connectivity index (χ1n) is 11.9. The lowest BCUT2D eigenvalue weighted by Gasteiger charge is -2.55. The number of ether oxygens (including phenoxy) is 2. The summed E-state index contributed by atoms with van der Waals surface area (Å²) in [5.74, 6) is 2.17. The molecule has 0 radical (unpaired) electrons. The van der Waals surface area contributed by atoms with Crippen molar-refractivity contribution >= 4 is 44.8 Å². The number of aromatic nitrogens is 2. The molecule has 4 aliphatic rings. The molecule has 4 saturated carbocycles. The van der Waals surface area contributed by atoms with Gasteiger partial charge in [-0.3, -0.25) is 9.52 Å². The molecule has 0 spiro atoms. The Labute approximate surface area is 215 Å². The second kappa shape index (κ2) is 9.47. The van der Waals surface area contributed by atoms with Gasteiger partial charge >= 0.3 is 6.01 Å². The van der Waals surface area contributed by atoms with Crippen molar-refractivity contribution in [1.82, 2.24) is 15.3 Å². The average molecular weight is 532 g/mol. The van der Waals surface area contributed by atoms with Crippen LogP contribution < -0.4 is 24.8 Å². The zero-order chi connectivity index (χ0) is 25.5. The van der Waals surface area contributed by atoms with E-state index in [1.165, 1.54) is 51.7 Å². The van der Waals surface area contributed by atoms with Crippen LogP contribution in [0.2, 0.25) is 0 Å². The highest BCUT2D eigenvalue weighted by Crippen LogP contribution is 2.60. The van der Waals surface area contributed by atoms with Gasteiger partial charge in [-0.05, 0) is 92.8 Å². The van der Waals surface area contributed by atoms with Crippen molar-refractivity contribution in [2.45, 2.75) is 43.4 Å². The molecule has 12 heteroatoms. The third kappa shape index (κ3) is 4.96. The number of carbonyl (C=O) groups excluding carboxylic acids is 1. The molecule has 4 aliphatic carbocycles. The van der Waals surface area contributed by atoms with Crippen molar-refractivity contribution in [3.05, 3.63) is 30.3 Å². The van der Waals surface area contributed by atoms with Gasteiger partial charge in [-0.1, -0.05) is 0 Å². The third-order valence-corrected chi connectivity index (χ3v) is 9.06. The molecular formula is C24H29N5O5S2. The number of carbonyl (C=O) groups is 1. The fourth-order valence-electron chi connectivity index (χ4n) is 6.35. The van der Waals surface area contributed by atoms with E-state index in [0.29, 0.717) is 23.4 Å². The van der Waals surface area contributed by atoms with Crippen molar-refractivity contribution in [2.24, 2.45) is 23.2 Å². The number of rotatable bonds is 7. The Kier molecular flexibility index (Phi) is 6.50. The minimum atomic E-state index is -3.94. The first-order valence-corrected chi connectivity index (χ1v) is 13.8. The zero-order valence-electron chi connectivity index (χ0n) is 20.1. The van der Waals surface area contributed by atoms with Gasteiger partial charge in [0.1, 0.15) is 0 Å². The number of thiocarbonyl (C=S) groups is 1. The first-order chi connectivity index (χ1) is 17.2. The zero-order valence-corrected chi connectivity index (χ0v) is 21.7. The topological polar surface area (TPSA) is 132 Å². The Morgan fingerprint density at radius 1 is 1.00 bits per heavy atom. The van der Waals surface area contributed by atoms with Gasteiger partial charge in [0.25, 0.3) is 10.0 Å². The lowest BCUT2D eigenvalue weighted by atomic mass is 9.49. The van der Waals surface area contributed by atoms with Crippen LogP contribution in [0.3, 0.4) is 0 Å². The predicted octanol–water partition coefficient (Wildman–Crippen LogP) is 3.32. The van der Waals surface area contributed by atoms with E-state index in [1.807, 2.05) is 0 Å². The standard InChI is InChI=1S/C24H29N5O5S2/c1-33-20-10-19(26-22(27-20)34-2)29-36(31,32)18-5-3-17(4-6-18)25-23(35)28-21(30)24-11-14-7-15(12-24)9-16(8-14)13-24/h3-6,10,14-16H,7-9,11-13H2,1-2H3,(H,26,27,29)(H2,25,28,30,35). The fraction of sp³-hybridized carbons (Fsp3) is 0.500. The largest absolute Gasteiger partial charge is 0.481 e. The maximum absolute atomic E-state index is 13.2. The molecular weight excluding hydrogens is 502 g/mol. The number of amides is 1. The van der Waals surface area contributed by atoms with E-state index in [9.17, 15) is 13.2 Å². The SMILES string of the molecule is COc1cc(NS(=O)(=O)c2ccc(NC(=S)NC(=O)C34CC5CC(CC(C5)C3)C4)cc2)nc(OC)n1. The Morgan fingerprint density at radius 3 is 2.17 bits per heavy atom. The van der Waals surface area contributed by atoms with Crippen LogP contribution in [0.4, 0.5) is 11.5 Å². The highest BCUT2D eigenvalue weighted by atomic mass is 32.2. The van der Waals surface area contributed by atoms with Crippen LogP contribution >= 0.6 is 12.2 Å². The molecule has 3 N–H and O–H groups in total. The van der Waals surface area contributed by atoms with Gasteiger partial charge in [0.15, 0.2) is 10.9 Å². The Balaban J connectivity index is 1.21. The van der Waals surface area contributed by atoms with Gasteiger partial charge in [0.2, 0.25) is 11.8 Å². The van der Waals surface area contributed by atoms with Gasteiger partial charge in [0, 0.05) is 11.8 Å². The summed E-state index contributed by atoms with van der Waals surface area (Å²) in [4.78, 5) is 21.1. The minimum absolute atomic E-state index is 0.00877. The summed E-state index contributed by atoms with van der Waals surface area (Å²) in [5.41, 5.74) is 0.270. The number of sulfonamides is 1. The van der Waals surface area contributed by atoms with Crippen LogP contribution in [0.15, 0.2) is 35.2 Å². The lowest BCUT2D eigenvalue weighted by Crippen LogP contribution is -2.55. The van der Waals surface area contributed by atoms with Crippen molar-refractivity contribution in [2.75, 3.05) is 24.3 Å². The maximum atomic E-state index is 13.2. The summed E-state index contributed by atoms with van der Waals surface area (Å²) < 4.78 is 38.1. The van der Waals surface area contributed by atoms with Crippen LogP contribution in [-0.4, -0.2) is 43.6 Å². The quantitative estimate of drug-likeness (QED) is 0.460. The van der Waals surface area contributed by atoms with Gasteiger partial charge in [-0.25, -0.2) is 8.42 Å². The highest BCUT2D eigenvalue weighted by molar-refractivity contribution is 7.92. The molecule has 10 nitrogen and oxygen atoms in total. The van der Waals surface area contributed by atoms with Gasteiger partial charge in [-0.2, -0.15) is 9.97 Å². The number of nitrogens with zero attached hydrogens (tertiary/aromatic N) is 2. The van der Waals surface area contributed by atoms with Gasteiger partial charge in [-0.15, -0.1) is 0 Å². The number of hydrogen-bond acceptors (Lipinski definition) is 8.